The van der Waals surface area contributed by atoms with Gasteiger partial charge in [0.25, 0.3) is 9.84 Å². The summed E-state index contributed by atoms with van der Waals surface area (Å²) in [6, 6.07) is 2.96. The normalized spacial score (nSPS) is 38.8. The van der Waals surface area contributed by atoms with Gasteiger partial charge in [-0.2, -0.15) is 13.2 Å². The fourth-order valence-electron chi connectivity index (χ4n) is 11.5. The minimum atomic E-state index is -5.46. The van der Waals surface area contributed by atoms with Gasteiger partial charge < -0.3 is 63.8 Å². The number of methoxy groups -OCH3 is 1. The van der Waals surface area contributed by atoms with Crippen LogP contribution < -0.4 is 4.74 Å². The van der Waals surface area contributed by atoms with Crippen molar-refractivity contribution in [3.05, 3.63) is 36.2 Å². The third-order valence-corrected chi connectivity index (χ3v) is 17.5. The number of nitrogens with zero attached hydrogens (tertiary/aromatic N) is 5. The maximum atomic E-state index is 14.6. The summed E-state index contributed by atoms with van der Waals surface area (Å²) in [5.74, 6) is -3.12. The quantitative estimate of drug-likeness (QED) is 0.124. The van der Waals surface area contributed by atoms with Crippen LogP contribution in [0, 0.1) is 23.7 Å². The van der Waals surface area contributed by atoms with Gasteiger partial charge in [0.2, 0.25) is 0 Å². The second kappa shape index (κ2) is 24.7. The van der Waals surface area contributed by atoms with E-state index in [4.69, 9.17) is 28.4 Å². The highest BCUT2D eigenvalue weighted by molar-refractivity contribution is 7.92. The average molecular weight is 1080 g/mol. The maximum absolute atomic E-state index is 14.6. The Labute approximate surface area is 434 Å². The first kappa shape index (κ1) is 61.8. The summed E-state index contributed by atoms with van der Waals surface area (Å²) in [4.78, 5) is 17.6. The molecule has 3 saturated heterocycles. The van der Waals surface area contributed by atoms with Crippen LogP contribution in [-0.4, -0.2) is 195 Å². The van der Waals surface area contributed by atoms with Gasteiger partial charge in [0.1, 0.15) is 35.8 Å². The lowest BCUT2D eigenvalue weighted by molar-refractivity contribution is -0.302. The van der Waals surface area contributed by atoms with Crippen molar-refractivity contribution in [3.63, 3.8) is 0 Å². The predicted molar refractivity (Wildman–Crippen MR) is 265 cm³/mol. The lowest BCUT2D eigenvalue weighted by atomic mass is 9.68. The highest BCUT2D eigenvalue weighted by Crippen LogP contribution is 2.45. The molecule has 0 radical (unpaired) electrons. The second-order valence-corrected chi connectivity index (χ2v) is 24.1. The Morgan fingerprint density at radius 3 is 2.23 bits per heavy atom. The van der Waals surface area contributed by atoms with Crippen molar-refractivity contribution in [2.24, 2.45) is 23.7 Å². The molecule has 1 aromatic heterocycles. The summed E-state index contributed by atoms with van der Waals surface area (Å²) in [5.41, 5.74) is -9.30. The van der Waals surface area contributed by atoms with E-state index in [0.717, 1.165) is 12.1 Å². The van der Waals surface area contributed by atoms with Crippen molar-refractivity contribution in [2.75, 3.05) is 40.9 Å². The van der Waals surface area contributed by atoms with Crippen molar-refractivity contribution in [3.8, 4) is 5.75 Å². The molecule has 0 bridgehead atoms. The van der Waals surface area contributed by atoms with E-state index in [0.29, 0.717) is 44.6 Å². The zero-order valence-electron chi connectivity index (χ0n) is 45.3. The number of esters is 1. The molecule has 3 aliphatic heterocycles. The van der Waals surface area contributed by atoms with Gasteiger partial charge in [0.05, 0.1) is 58.7 Å². The number of carbonyl (C=O) groups excluding carboxylic acids is 1. The van der Waals surface area contributed by atoms with Crippen LogP contribution in [0.15, 0.2) is 35.4 Å². The van der Waals surface area contributed by atoms with Gasteiger partial charge in [-0.15, -0.1) is 5.10 Å². The summed E-state index contributed by atoms with van der Waals surface area (Å²) in [6.45, 7) is 19.1. The van der Waals surface area contributed by atoms with E-state index in [1.165, 1.54) is 26.2 Å². The molecule has 5 N–H and O–H groups in total. The topological polar surface area (TPSA) is 245 Å². The maximum Gasteiger partial charge on any atom is 0.501 e. The average Bonchev–Trinajstić information content (AvgIpc) is 3.79. The number of hydrogen-bond donors (Lipinski definition) is 5. The minimum Gasteiger partial charge on any atom is -0.494 e. The Bertz CT molecular complexity index is 2220. The number of rotatable bonds is 15. The fraction of sp³-hybridized carbons (Fsp3) is 0.824. The van der Waals surface area contributed by atoms with E-state index >= 15 is 0 Å². The van der Waals surface area contributed by atoms with Crippen LogP contribution in [0.25, 0.3) is 0 Å². The van der Waals surface area contributed by atoms with Crippen LogP contribution in [0.4, 0.5) is 13.2 Å². The van der Waals surface area contributed by atoms with Gasteiger partial charge in [-0.1, -0.05) is 32.9 Å². The third-order valence-electron chi connectivity index (χ3n) is 16.0. The predicted octanol–water partition coefficient (Wildman–Crippen LogP) is 4.14. The van der Waals surface area contributed by atoms with Crippen LogP contribution in [-0.2, 0) is 51.3 Å². The van der Waals surface area contributed by atoms with E-state index in [9.17, 15) is 51.9 Å². The smallest absolute Gasteiger partial charge is 0.494 e. The SMILES string of the molecule is CC[C@H]1OC(=O)[C@H](C)[C@@H](C2C[C@@](C)(OC)[C@@H](O)[C@H](C)O2)[C@H](C)[C@@H](O[C@@H]2O[C@H](C)C[C@H](N(C)CCc3cn(CCCOc4ccc(S(=O)(=O)C(F)(F)F)cc4)nn3)[C@H]2O)[C@](C)(O)C[C@@H](C)CN(C)[C@H](C)[C@@H](O)[C@]1(C)O. The number of ether oxygens (including phenoxy) is 6. The lowest BCUT2D eigenvalue weighted by Gasteiger charge is -2.51. The van der Waals surface area contributed by atoms with Gasteiger partial charge in [-0.25, -0.2) is 8.42 Å². The van der Waals surface area contributed by atoms with Gasteiger partial charge in [-0.3, -0.25) is 9.48 Å². The Morgan fingerprint density at radius 1 is 0.973 bits per heavy atom. The van der Waals surface area contributed by atoms with E-state index in [-0.39, 0.29) is 37.5 Å². The second-order valence-electron chi connectivity index (χ2n) is 22.1. The molecule has 0 spiro atoms. The molecule has 74 heavy (non-hydrogen) atoms. The number of benzene rings is 1. The Morgan fingerprint density at radius 2 is 1.62 bits per heavy atom. The molecule has 0 aliphatic carbocycles. The number of cyclic esters (lactones) is 1. The number of aryl methyl sites for hydroxylation is 1. The van der Waals surface area contributed by atoms with Gasteiger partial charge in [-0.05, 0) is 111 Å². The molecule has 5 rings (SSSR count). The molecule has 1 unspecified atom stereocenters. The number of hydrogen-bond acceptors (Lipinski definition) is 18. The van der Waals surface area contributed by atoms with Gasteiger partial charge >= 0.3 is 11.5 Å². The summed E-state index contributed by atoms with van der Waals surface area (Å²) in [7, 11) is -0.259. The monoisotopic (exact) mass is 1080 g/mol. The number of likely N-dealkylation sites (N-methyl/N-ethyl adjacent to an activating group) is 2. The van der Waals surface area contributed by atoms with E-state index in [2.05, 4.69) is 10.3 Å². The number of aliphatic hydroxyl groups is 5. The molecular weight excluding hydrogens is 996 g/mol. The van der Waals surface area contributed by atoms with Crippen LogP contribution >= 0.6 is 0 Å². The molecule has 18 atom stereocenters. The van der Waals surface area contributed by atoms with Crippen LogP contribution in [0.3, 0.4) is 0 Å². The molecule has 0 saturated carbocycles. The standard InChI is InChI=1S/C51H84F3N5O14S/c1-14-40-50(10,65)43(61)33(6)58(12)27-29(2)25-48(8,64)45(31(4)41(32(5)46(63)72-40)39-26-49(9,68-13)44(62)34(7)71-39)73-47-42(60)38(24-30(3)70-47)57(11)22-20-35-28-59(56-55-35)21-15-23-69-36-16-18-37(19-17-36)74(66,67)51(52,53)54/h16-19,28-34,38-45,47,60-62,64-65H,14-15,20-27H2,1-13H3/t29-,30-,31+,32-,33-,34+,38+,39?,40-,41+,42-,43-,44+,45-,47+,48-,49-,50-/m1/s1. The molecule has 0 amide bonds. The number of alkyl halides is 3. The van der Waals surface area contributed by atoms with Crippen molar-refractivity contribution in [1.82, 2.24) is 24.8 Å². The van der Waals surface area contributed by atoms with Crippen LogP contribution in [0.1, 0.15) is 107 Å². The first-order valence-electron chi connectivity index (χ1n) is 25.8. The largest absolute Gasteiger partial charge is 0.501 e. The van der Waals surface area contributed by atoms with Crippen molar-refractivity contribution >= 4 is 15.8 Å². The molecule has 1 aromatic carbocycles. The van der Waals surface area contributed by atoms with Crippen molar-refractivity contribution < 1.29 is 80.3 Å². The molecule has 3 aliphatic rings. The molecule has 3 fully saturated rings. The molecule has 4 heterocycles. The van der Waals surface area contributed by atoms with Crippen molar-refractivity contribution in [1.29, 1.82) is 0 Å². The van der Waals surface area contributed by atoms with E-state index in [1.807, 2.05) is 44.7 Å². The number of sulfone groups is 1. The highest BCUT2D eigenvalue weighted by Gasteiger charge is 2.55. The Kier molecular flexibility index (Phi) is 20.6. The van der Waals surface area contributed by atoms with E-state index in [1.54, 1.807) is 52.4 Å². The number of halogens is 3. The Hall–Kier alpha value is -3.07. The molecule has 23 heteroatoms. The highest BCUT2D eigenvalue weighted by atomic mass is 32.2. The Balaban J connectivity index is 1.35. The summed E-state index contributed by atoms with van der Waals surface area (Å²) in [6.07, 6.45) is -5.21. The summed E-state index contributed by atoms with van der Waals surface area (Å²) < 4.78 is 101. The molecule has 19 nitrogen and oxygen atoms in total. The van der Waals surface area contributed by atoms with Crippen LogP contribution in [0.5, 0.6) is 5.75 Å². The number of carbonyl (C=O) groups is 1. The van der Waals surface area contributed by atoms with Crippen LogP contribution in [0.2, 0.25) is 0 Å². The summed E-state index contributed by atoms with van der Waals surface area (Å²) >= 11 is 0. The number of aliphatic hydroxyl groups excluding tert-OH is 3. The molecular formula is C51H84F3N5O14S. The summed E-state index contributed by atoms with van der Waals surface area (Å²) in [5, 5.41) is 68.5. The minimum absolute atomic E-state index is 0.156. The number of aromatic nitrogens is 3. The van der Waals surface area contributed by atoms with E-state index < -0.39 is 128 Å². The zero-order valence-corrected chi connectivity index (χ0v) is 46.1. The van der Waals surface area contributed by atoms with Gasteiger partial charge in [0.15, 0.2) is 6.29 Å². The first-order valence-corrected chi connectivity index (χ1v) is 27.3. The molecule has 2 aromatic rings. The fourth-order valence-corrected chi connectivity index (χ4v) is 12.3. The first-order chi connectivity index (χ1) is 34.3. The lowest BCUT2D eigenvalue weighted by Crippen LogP contribution is -2.62. The third kappa shape index (κ3) is 14.1. The zero-order chi connectivity index (χ0) is 55.5. The molecule has 424 valence electrons. The van der Waals surface area contributed by atoms with Crippen molar-refractivity contribution in [2.45, 2.75) is 209 Å². The van der Waals surface area contributed by atoms with Gasteiger partial charge in [0, 0.05) is 70.2 Å².